The van der Waals surface area contributed by atoms with Gasteiger partial charge < -0.3 is 14.8 Å². The molecular formula is C24H23Cl4NO2. The van der Waals surface area contributed by atoms with E-state index in [1.54, 1.807) is 12.1 Å². The molecule has 0 spiro atoms. The predicted octanol–water partition coefficient (Wildman–Crippen LogP) is 7.61. The lowest BCUT2D eigenvalue weighted by Gasteiger charge is -2.15. The van der Waals surface area contributed by atoms with Crippen LogP contribution in [0.3, 0.4) is 0 Å². The first-order valence-electron chi connectivity index (χ1n) is 9.93. The van der Waals surface area contributed by atoms with Crippen LogP contribution in [-0.4, -0.2) is 13.2 Å². The van der Waals surface area contributed by atoms with Crippen molar-refractivity contribution < 1.29 is 9.47 Å². The minimum absolute atomic E-state index is 0.371. The van der Waals surface area contributed by atoms with E-state index < -0.39 is 0 Å². The van der Waals surface area contributed by atoms with E-state index in [1.807, 2.05) is 49.4 Å². The molecule has 1 N–H and O–H groups in total. The van der Waals surface area contributed by atoms with Gasteiger partial charge in [0.2, 0.25) is 0 Å². The second kappa shape index (κ2) is 11.8. The Hall–Kier alpha value is -1.62. The summed E-state index contributed by atoms with van der Waals surface area (Å²) in [5.41, 5.74) is 2.95. The number of hydrogen-bond acceptors (Lipinski definition) is 3. The minimum atomic E-state index is 0.371. The zero-order chi connectivity index (χ0) is 22.2. The van der Waals surface area contributed by atoms with Crippen molar-refractivity contribution in [2.24, 2.45) is 0 Å². The van der Waals surface area contributed by atoms with Crippen LogP contribution in [0.15, 0.2) is 54.6 Å². The number of ether oxygens (including phenoxy) is 2. The van der Waals surface area contributed by atoms with Gasteiger partial charge >= 0.3 is 0 Å². The van der Waals surface area contributed by atoms with Crippen LogP contribution in [0.5, 0.6) is 11.5 Å². The Kier molecular flexibility index (Phi) is 9.18. The first kappa shape index (κ1) is 24.0. The Balaban J connectivity index is 1.62. The summed E-state index contributed by atoms with van der Waals surface area (Å²) in [6, 6.07) is 16.8. The van der Waals surface area contributed by atoms with Crippen molar-refractivity contribution in [2.75, 3.05) is 13.2 Å². The molecule has 0 amide bonds. The van der Waals surface area contributed by atoms with Crippen LogP contribution in [0.1, 0.15) is 23.6 Å². The molecule has 0 atom stereocenters. The van der Waals surface area contributed by atoms with Crippen molar-refractivity contribution in [1.29, 1.82) is 0 Å². The van der Waals surface area contributed by atoms with Crippen molar-refractivity contribution in [2.45, 2.75) is 26.5 Å². The van der Waals surface area contributed by atoms with E-state index in [4.69, 9.17) is 55.9 Å². The lowest BCUT2D eigenvalue weighted by atomic mass is 10.1. The van der Waals surface area contributed by atoms with Crippen molar-refractivity contribution in [3.8, 4) is 11.5 Å². The summed E-state index contributed by atoms with van der Waals surface area (Å²) in [6.45, 7) is 4.17. The molecule has 0 unspecified atom stereocenters. The molecule has 0 radical (unpaired) electrons. The molecule has 0 aromatic heterocycles. The molecule has 3 aromatic rings. The fourth-order valence-electron chi connectivity index (χ4n) is 3.05. The van der Waals surface area contributed by atoms with E-state index in [-0.39, 0.29) is 0 Å². The summed E-state index contributed by atoms with van der Waals surface area (Å²) in [4.78, 5) is 0. The SMILES string of the molecule is CCOc1cc(CNCCc2ccc(Cl)cc2Cl)c(Cl)cc1OCc1cccc(Cl)c1. The van der Waals surface area contributed by atoms with Crippen molar-refractivity contribution >= 4 is 46.4 Å². The maximum atomic E-state index is 6.51. The van der Waals surface area contributed by atoms with Crippen LogP contribution in [0.4, 0.5) is 0 Å². The molecule has 7 heteroatoms. The lowest BCUT2D eigenvalue weighted by Crippen LogP contribution is -2.17. The molecule has 31 heavy (non-hydrogen) atoms. The summed E-state index contributed by atoms with van der Waals surface area (Å²) >= 11 is 24.7. The van der Waals surface area contributed by atoms with Crippen LogP contribution in [0.25, 0.3) is 0 Å². The van der Waals surface area contributed by atoms with E-state index in [2.05, 4.69) is 5.32 Å². The van der Waals surface area contributed by atoms with E-state index in [9.17, 15) is 0 Å². The van der Waals surface area contributed by atoms with Crippen molar-refractivity contribution in [1.82, 2.24) is 5.32 Å². The Morgan fingerprint density at radius 3 is 2.26 bits per heavy atom. The Labute approximate surface area is 203 Å². The second-order valence-corrected chi connectivity index (χ2v) is 8.59. The van der Waals surface area contributed by atoms with E-state index in [1.165, 1.54) is 0 Å². The molecule has 164 valence electrons. The molecule has 3 aromatic carbocycles. The standard InChI is InChI=1S/C24H23Cl4NO2/c1-2-30-23-11-18(14-29-9-8-17-6-7-20(26)12-21(17)27)22(28)13-24(23)31-15-16-4-3-5-19(25)10-16/h3-7,10-13,29H,2,8-9,14-15H2,1H3. The number of halogens is 4. The maximum Gasteiger partial charge on any atom is 0.163 e. The third kappa shape index (κ3) is 7.20. The van der Waals surface area contributed by atoms with Crippen LogP contribution in [0, 0.1) is 0 Å². The van der Waals surface area contributed by atoms with E-state index >= 15 is 0 Å². The molecule has 3 nitrogen and oxygen atoms in total. The highest BCUT2D eigenvalue weighted by atomic mass is 35.5. The summed E-state index contributed by atoms with van der Waals surface area (Å²) in [7, 11) is 0. The highest BCUT2D eigenvalue weighted by Crippen LogP contribution is 2.34. The van der Waals surface area contributed by atoms with Gasteiger partial charge in [-0.25, -0.2) is 0 Å². The molecule has 0 aliphatic rings. The highest BCUT2D eigenvalue weighted by molar-refractivity contribution is 6.35. The zero-order valence-corrected chi connectivity index (χ0v) is 20.1. The number of rotatable bonds is 10. The first-order valence-corrected chi connectivity index (χ1v) is 11.4. The molecule has 0 saturated carbocycles. The Morgan fingerprint density at radius 2 is 1.52 bits per heavy atom. The van der Waals surface area contributed by atoms with Crippen LogP contribution < -0.4 is 14.8 Å². The van der Waals surface area contributed by atoms with Gasteiger partial charge in [0.25, 0.3) is 0 Å². The summed E-state index contributed by atoms with van der Waals surface area (Å²) < 4.78 is 11.7. The summed E-state index contributed by atoms with van der Waals surface area (Å²) in [5, 5.41) is 5.99. The molecular weight excluding hydrogens is 476 g/mol. The molecule has 3 rings (SSSR count). The van der Waals surface area contributed by atoms with Gasteiger partial charge in [0, 0.05) is 32.7 Å². The van der Waals surface area contributed by atoms with Gasteiger partial charge in [-0.15, -0.1) is 0 Å². The second-order valence-electron chi connectivity index (χ2n) is 6.90. The van der Waals surface area contributed by atoms with Crippen molar-refractivity contribution in [3.05, 3.63) is 91.4 Å². The van der Waals surface area contributed by atoms with Gasteiger partial charge in [-0.1, -0.05) is 64.6 Å². The fourth-order valence-corrected chi connectivity index (χ4v) is 3.99. The topological polar surface area (TPSA) is 30.5 Å². The number of benzene rings is 3. The Morgan fingerprint density at radius 1 is 0.774 bits per heavy atom. The van der Waals surface area contributed by atoms with Crippen LogP contribution in [-0.2, 0) is 19.6 Å². The van der Waals surface area contributed by atoms with E-state index in [0.717, 1.165) is 29.7 Å². The smallest absolute Gasteiger partial charge is 0.163 e. The zero-order valence-electron chi connectivity index (χ0n) is 17.1. The van der Waals surface area contributed by atoms with Crippen LogP contribution >= 0.6 is 46.4 Å². The molecule has 0 heterocycles. The average molecular weight is 499 g/mol. The van der Waals surface area contributed by atoms with E-state index in [0.29, 0.717) is 51.3 Å². The van der Waals surface area contributed by atoms with Gasteiger partial charge in [-0.05, 0) is 66.9 Å². The molecule has 0 aliphatic carbocycles. The number of nitrogens with one attached hydrogen (secondary N) is 1. The van der Waals surface area contributed by atoms with Gasteiger partial charge in [-0.3, -0.25) is 0 Å². The Bertz CT molecular complexity index is 1030. The summed E-state index contributed by atoms with van der Waals surface area (Å²) in [5.74, 6) is 1.26. The third-order valence-corrected chi connectivity index (χ3v) is 5.77. The van der Waals surface area contributed by atoms with Gasteiger partial charge in [-0.2, -0.15) is 0 Å². The molecule has 0 aliphatic heterocycles. The van der Waals surface area contributed by atoms with Crippen LogP contribution in [0.2, 0.25) is 20.1 Å². The highest BCUT2D eigenvalue weighted by Gasteiger charge is 2.12. The predicted molar refractivity (Wildman–Crippen MR) is 130 cm³/mol. The first-order chi connectivity index (χ1) is 15.0. The minimum Gasteiger partial charge on any atom is -0.490 e. The van der Waals surface area contributed by atoms with Gasteiger partial charge in [0.1, 0.15) is 6.61 Å². The fraction of sp³-hybridized carbons (Fsp3) is 0.250. The maximum absolute atomic E-state index is 6.51. The molecule has 0 fully saturated rings. The van der Waals surface area contributed by atoms with Gasteiger partial charge in [0.15, 0.2) is 11.5 Å². The monoisotopic (exact) mass is 497 g/mol. The lowest BCUT2D eigenvalue weighted by molar-refractivity contribution is 0.269. The molecule has 0 bridgehead atoms. The normalized spacial score (nSPS) is 10.9. The quantitative estimate of drug-likeness (QED) is 0.292. The third-order valence-electron chi connectivity index (χ3n) is 4.60. The number of hydrogen-bond donors (Lipinski definition) is 1. The average Bonchev–Trinajstić information content (AvgIpc) is 2.73. The summed E-state index contributed by atoms with van der Waals surface area (Å²) in [6.07, 6.45) is 0.784. The van der Waals surface area contributed by atoms with Gasteiger partial charge in [0.05, 0.1) is 6.61 Å². The largest absolute Gasteiger partial charge is 0.490 e. The molecule has 0 saturated heterocycles. The van der Waals surface area contributed by atoms with Crippen molar-refractivity contribution in [3.63, 3.8) is 0 Å².